The maximum atomic E-state index is 11.8. The van der Waals surface area contributed by atoms with Gasteiger partial charge in [0.1, 0.15) is 18.1 Å². The lowest BCUT2D eigenvalue weighted by Crippen LogP contribution is -2.29. The second-order valence-corrected chi connectivity index (χ2v) is 5.42. The third-order valence-corrected chi connectivity index (χ3v) is 3.45. The molecule has 0 saturated heterocycles. The van der Waals surface area contributed by atoms with Crippen molar-refractivity contribution in [2.75, 3.05) is 32.1 Å². The highest BCUT2D eigenvalue weighted by Gasteiger charge is 2.01. The fourth-order valence-electron chi connectivity index (χ4n) is 2.20. The van der Waals surface area contributed by atoms with E-state index >= 15 is 0 Å². The summed E-state index contributed by atoms with van der Waals surface area (Å²) < 4.78 is 10.6. The normalized spacial score (nSPS) is 10.1. The molecule has 0 heterocycles. The number of rotatable bonds is 9. The van der Waals surface area contributed by atoms with Gasteiger partial charge in [0.05, 0.1) is 13.7 Å². The molecule has 0 atom stereocenters. The molecule has 2 aromatic rings. The lowest BCUT2D eigenvalue weighted by molar-refractivity contribution is -0.120. The van der Waals surface area contributed by atoms with Crippen LogP contribution in [0.4, 0.5) is 5.69 Å². The number of nitrogens with one attached hydrogen (secondary N) is 2. The van der Waals surface area contributed by atoms with Crippen LogP contribution in [-0.4, -0.2) is 32.7 Å². The predicted molar refractivity (Wildman–Crippen MR) is 95.8 cm³/mol. The molecule has 24 heavy (non-hydrogen) atoms. The van der Waals surface area contributed by atoms with E-state index in [1.807, 2.05) is 49.4 Å². The minimum atomic E-state index is 0.00786. The number of hydrogen-bond donors (Lipinski definition) is 2. The SMILES string of the molecule is COc1ccc(OCCNC(=O)CCNc2cccc(C)c2)cc1. The average molecular weight is 328 g/mol. The monoisotopic (exact) mass is 328 g/mol. The summed E-state index contributed by atoms with van der Waals surface area (Å²) in [6, 6.07) is 15.4. The number of ether oxygens (including phenoxy) is 2. The van der Waals surface area contributed by atoms with Crippen LogP contribution in [0.1, 0.15) is 12.0 Å². The summed E-state index contributed by atoms with van der Waals surface area (Å²) in [4.78, 5) is 11.8. The molecule has 2 N–H and O–H groups in total. The van der Waals surface area contributed by atoms with E-state index in [4.69, 9.17) is 9.47 Å². The van der Waals surface area contributed by atoms with Crippen molar-refractivity contribution in [3.05, 3.63) is 54.1 Å². The van der Waals surface area contributed by atoms with Crippen LogP contribution in [0, 0.1) is 6.92 Å². The Labute approximate surface area is 143 Å². The van der Waals surface area contributed by atoms with Crippen molar-refractivity contribution in [2.24, 2.45) is 0 Å². The van der Waals surface area contributed by atoms with Crippen molar-refractivity contribution in [1.82, 2.24) is 5.32 Å². The standard InChI is InChI=1S/C19H24N2O3/c1-15-4-3-5-16(14-15)20-11-10-19(22)21-12-13-24-18-8-6-17(23-2)7-9-18/h3-9,14,20H,10-13H2,1-2H3,(H,21,22). The summed E-state index contributed by atoms with van der Waals surface area (Å²) in [6.07, 6.45) is 0.427. The summed E-state index contributed by atoms with van der Waals surface area (Å²) >= 11 is 0. The first kappa shape index (κ1) is 17.7. The van der Waals surface area contributed by atoms with Crippen LogP contribution >= 0.6 is 0 Å². The molecule has 0 spiro atoms. The van der Waals surface area contributed by atoms with E-state index in [9.17, 15) is 4.79 Å². The Bertz CT molecular complexity index is 641. The van der Waals surface area contributed by atoms with Crippen LogP contribution in [0.15, 0.2) is 48.5 Å². The molecule has 0 aliphatic rings. The zero-order chi connectivity index (χ0) is 17.2. The molecule has 5 nitrogen and oxygen atoms in total. The van der Waals surface area contributed by atoms with Gasteiger partial charge < -0.3 is 20.1 Å². The Morgan fingerprint density at radius 2 is 1.79 bits per heavy atom. The topological polar surface area (TPSA) is 59.6 Å². The number of aryl methyl sites for hydroxylation is 1. The molecule has 0 aromatic heterocycles. The maximum Gasteiger partial charge on any atom is 0.221 e. The molecular weight excluding hydrogens is 304 g/mol. The van der Waals surface area contributed by atoms with E-state index in [0.717, 1.165) is 17.2 Å². The number of hydrogen-bond acceptors (Lipinski definition) is 4. The molecule has 0 unspecified atom stereocenters. The molecule has 0 saturated carbocycles. The number of benzene rings is 2. The number of methoxy groups -OCH3 is 1. The van der Waals surface area contributed by atoms with Crippen LogP contribution in [0.2, 0.25) is 0 Å². The molecule has 0 radical (unpaired) electrons. The van der Waals surface area contributed by atoms with E-state index in [0.29, 0.717) is 26.1 Å². The minimum absolute atomic E-state index is 0.00786. The van der Waals surface area contributed by atoms with E-state index in [1.54, 1.807) is 7.11 Å². The van der Waals surface area contributed by atoms with Crippen LogP contribution < -0.4 is 20.1 Å². The van der Waals surface area contributed by atoms with Gasteiger partial charge in [-0.15, -0.1) is 0 Å². The quantitative estimate of drug-likeness (QED) is 0.695. The number of anilines is 1. The second-order valence-electron chi connectivity index (χ2n) is 5.42. The Hall–Kier alpha value is -2.69. The highest BCUT2D eigenvalue weighted by Crippen LogP contribution is 2.16. The lowest BCUT2D eigenvalue weighted by atomic mass is 10.2. The van der Waals surface area contributed by atoms with E-state index in [2.05, 4.69) is 16.7 Å². The molecule has 2 aromatic carbocycles. The molecule has 0 fully saturated rings. The molecule has 1 amide bonds. The summed E-state index contributed by atoms with van der Waals surface area (Å²) in [7, 11) is 1.62. The van der Waals surface area contributed by atoms with Crippen LogP contribution in [0.3, 0.4) is 0 Å². The highest BCUT2D eigenvalue weighted by atomic mass is 16.5. The molecule has 0 aliphatic heterocycles. The first-order chi connectivity index (χ1) is 11.7. The molecule has 5 heteroatoms. The van der Waals surface area contributed by atoms with Gasteiger partial charge in [-0.2, -0.15) is 0 Å². The van der Waals surface area contributed by atoms with Crippen molar-refractivity contribution in [3.63, 3.8) is 0 Å². The first-order valence-corrected chi connectivity index (χ1v) is 8.01. The fraction of sp³-hybridized carbons (Fsp3) is 0.316. The Balaban J connectivity index is 1.57. The van der Waals surface area contributed by atoms with Gasteiger partial charge in [0.25, 0.3) is 0 Å². The Morgan fingerprint density at radius 3 is 2.50 bits per heavy atom. The van der Waals surface area contributed by atoms with Crippen molar-refractivity contribution >= 4 is 11.6 Å². The lowest BCUT2D eigenvalue weighted by Gasteiger charge is -2.09. The Morgan fingerprint density at radius 1 is 1.04 bits per heavy atom. The number of carbonyl (C=O) groups excluding carboxylic acids is 1. The zero-order valence-electron chi connectivity index (χ0n) is 14.2. The van der Waals surface area contributed by atoms with Gasteiger partial charge in [0, 0.05) is 18.7 Å². The summed E-state index contributed by atoms with van der Waals surface area (Å²) in [5, 5.41) is 6.08. The van der Waals surface area contributed by atoms with Crippen molar-refractivity contribution < 1.29 is 14.3 Å². The number of carbonyl (C=O) groups is 1. The predicted octanol–water partition coefficient (Wildman–Crippen LogP) is 3.00. The average Bonchev–Trinajstić information content (AvgIpc) is 2.59. The first-order valence-electron chi connectivity index (χ1n) is 8.01. The molecular formula is C19H24N2O3. The van der Waals surface area contributed by atoms with E-state index in [1.165, 1.54) is 5.56 Å². The smallest absolute Gasteiger partial charge is 0.221 e. The summed E-state index contributed by atoms with van der Waals surface area (Å²) in [6.45, 7) is 3.56. The third-order valence-electron chi connectivity index (χ3n) is 3.45. The van der Waals surface area contributed by atoms with Gasteiger partial charge in [0.2, 0.25) is 5.91 Å². The molecule has 0 bridgehead atoms. The third kappa shape index (κ3) is 6.20. The van der Waals surface area contributed by atoms with Gasteiger partial charge in [-0.1, -0.05) is 12.1 Å². The van der Waals surface area contributed by atoms with Gasteiger partial charge in [-0.3, -0.25) is 4.79 Å². The molecule has 0 aliphatic carbocycles. The maximum absolute atomic E-state index is 11.8. The van der Waals surface area contributed by atoms with Crippen molar-refractivity contribution in [3.8, 4) is 11.5 Å². The van der Waals surface area contributed by atoms with Gasteiger partial charge in [-0.05, 0) is 48.9 Å². The fourth-order valence-corrected chi connectivity index (χ4v) is 2.20. The van der Waals surface area contributed by atoms with Gasteiger partial charge in [0.15, 0.2) is 0 Å². The highest BCUT2D eigenvalue weighted by molar-refractivity contribution is 5.76. The molecule has 2 rings (SSSR count). The van der Waals surface area contributed by atoms with Gasteiger partial charge >= 0.3 is 0 Å². The zero-order valence-corrected chi connectivity index (χ0v) is 14.2. The van der Waals surface area contributed by atoms with E-state index in [-0.39, 0.29) is 5.91 Å². The van der Waals surface area contributed by atoms with Crippen molar-refractivity contribution in [1.29, 1.82) is 0 Å². The van der Waals surface area contributed by atoms with Crippen LogP contribution in [0.25, 0.3) is 0 Å². The summed E-state index contributed by atoms with van der Waals surface area (Å²) in [5.74, 6) is 1.55. The van der Waals surface area contributed by atoms with E-state index < -0.39 is 0 Å². The van der Waals surface area contributed by atoms with Crippen molar-refractivity contribution in [2.45, 2.75) is 13.3 Å². The Kier molecular flexibility index (Phi) is 6.95. The second kappa shape index (κ2) is 9.45. The van der Waals surface area contributed by atoms with Crippen LogP contribution in [-0.2, 0) is 4.79 Å². The van der Waals surface area contributed by atoms with Crippen LogP contribution in [0.5, 0.6) is 11.5 Å². The summed E-state index contributed by atoms with van der Waals surface area (Å²) in [5.41, 5.74) is 2.23. The molecule has 128 valence electrons. The largest absolute Gasteiger partial charge is 0.497 e. The van der Waals surface area contributed by atoms with Gasteiger partial charge in [-0.25, -0.2) is 0 Å². The number of amides is 1. The minimum Gasteiger partial charge on any atom is -0.497 e.